The summed E-state index contributed by atoms with van der Waals surface area (Å²) in [6.07, 6.45) is 1.09. The Morgan fingerprint density at radius 1 is 0.893 bits per heavy atom. The Morgan fingerprint density at radius 2 is 1.57 bits per heavy atom. The Kier molecular flexibility index (Phi) is 4.94. The van der Waals surface area contributed by atoms with Crippen molar-refractivity contribution < 1.29 is 9.59 Å². The number of hydrogen-bond donors (Lipinski definition) is 1. The molecule has 1 N–H and O–H groups in total. The summed E-state index contributed by atoms with van der Waals surface area (Å²) in [6, 6.07) is 23.2. The smallest absolute Gasteiger partial charge is 0.255 e. The predicted molar refractivity (Wildman–Crippen MR) is 112 cm³/mol. The van der Waals surface area contributed by atoms with Gasteiger partial charge in [-0.1, -0.05) is 42.5 Å². The molecule has 0 aromatic heterocycles. The Morgan fingerprint density at radius 3 is 2.29 bits per heavy atom. The first-order valence-corrected chi connectivity index (χ1v) is 9.44. The molecule has 0 saturated carbocycles. The van der Waals surface area contributed by atoms with Crippen molar-refractivity contribution in [2.24, 2.45) is 0 Å². The molecule has 1 aliphatic rings. The fraction of sp³-hybridized carbons (Fsp3) is 0.167. The summed E-state index contributed by atoms with van der Waals surface area (Å²) in [4.78, 5) is 26.1. The molecule has 3 aromatic rings. The third-order valence-corrected chi connectivity index (χ3v) is 5.12. The second kappa shape index (κ2) is 7.69. The summed E-state index contributed by atoms with van der Waals surface area (Å²) < 4.78 is 0. The highest BCUT2D eigenvalue weighted by Gasteiger charge is 2.18. The minimum atomic E-state index is -0.184. The summed E-state index contributed by atoms with van der Waals surface area (Å²) in [5.41, 5.74) is 5.81. The fourth-order valence-corrected chi connectivity index (χ4v) is 3.54. The van der Waals surface area contributed by atoms with Crippen LogP contribution in [0.2, 0.25) is 0 Å². The first-order chi connectivity index (χ1) is 13.6. The van der Waals surface area contributed by atoms with Crippen molar-refractivity contribution in [3.63, 3.8) is 0 Å². The molecule has 28 heavy (non-hydrogen) atoms. The maximum atomic E-state index is 12.4. The van der Waals surface area contributed by atoms with Crippen LogP contribution in [0, 0.1) is 0 Å². The molecule has 0 fully saturated rings. The van der Waals surface area contributed by atoms with Gasteiger partial charge < -0.3 is 10.2 Å². The molecule has 0 bridgehead atoms. The maximum absolute atomic E-state index is 12.4. The van der Waals surface area contributed by atoms with Gasteiger partial charge >= 0.3 is 0 Å². The van der Waals surface area contributed by atoms with Crippen molar-refractivity contribution >= 4 is 23.1 Å². The quantitative estimate of drug-likeness (QED) is 0.662. The number of benzene rings is 3. The number of carbonyl (C=O) groups is 2. The van der Waals surface area contributed by atoms with E-state index < -0.39 is 0 Å². The number of nitrogens with one attached hydrogen (secondary N) is 1. The molecule has 3 aromatic carbocycles. The summed E-state index contributed by atoms with van der Waals surface area (Å²) in [5.74, 6) is -0.195. The minimum absolute atomic E-state index is 0.0110. The zero-order chi connectivity index (χ0) is 19.5. The van der Waals surface area contributed by atoms with E-state index in [1.54, 1.807) is 24.3 Å². The summed E-state index contributed by atoms with van der Waals surface area (Å²) in [7, 11) is 0. The summed E-state index contributed by atoms with van der Waals surface area (Å²) in [5, 5.41) is 2.91. The van der Waals surface area contributed by atoms with Gasteiger partial charge in [0.2, 0.25) is 0 Å². The Balaban J connectivity index is 1.39. The molecule has 4 nitrogen and oxygen atoms in total. The lowest BCUT2D eigenvalue weighted by molar-refractivity contribution is 0.101. The third-order valence-electron chi connectivity index (χ3n) is 5.12. The molecule has 0 aliphatic carbocycles. The molecular formula is C24H22N2O2. The Bertz CT molecular complexity index is 1010. The lowest BCUT2D eigenvalue weighted by Crippen LogP contribution is -2.19. The number of nitrogens with zero attached hydrogens (tertiary/aromatic N) is 1. The highest BCUT2D eigenvalue weighted by Crippen LogP contribution is 2.29. The van der Waals surface area contributed by atoms with Crippen LogP contribution in [-0.4, -0.2) is 18.2 Å². The molecule has 1 heterocycles. The zero-order valence-corrected chi connectivity index (χ0v) is 15.8. The van der Waals surface area contributed by atoms with Crippen LogP contribution in [0.15, 0.2) is 72.8 Å². The molecule has 0 unspecified atom stereocenters. The fourth-order valence-electron chi connectivity index (χ4n) is 3.54. The third kappa shape index (κ3) is 3.81. The van der Waals surface area contributed by atoms with Crippen molar-refractivity contribution in [2.45, 2.75) is 19.9 Å². The van der Waals surface area contributed by atoms with E-state index in [4.69, 9.17) is 0 Å². The first kappa shape index (κ1) is 18.0. The van der Waals surface area contributed by atoms with E-state index in [0.29, 0.717) is 11.1 Å². The highest BCUT2D eigenvalue weighted by molar-refractivity contribution is 6.05. The lowest BCUT2D eigenvalue weighted by atomic mass is 10.1. The van der Waals surface area contributed by atoms with E-state index in [1.165, 1.54) is 23.7 Å². The summed E-state index contributed by atoms with van der Waals surface area (Å²) >= 11 is 0. The van der Waals surface area contributed by atoms with Crippen LogP contribution < -0.4 is 10.2 Å². The average molecular weight is 370 g/mol. The van der Waals surface area contributed by atoms with Crippen molar-refractivity contribution in [2.75, 3.05) is 16.8 Å². The van der Waals surface area contributed by atoms with Crippen LogP contribution in [0.25, 0.3) is 0 Å². The Labute approximate surface area is 164 Å². The molecule has 140 valence electrons. The van der Waals surface area contributed by atoms with Crippen LogP contribution in [0.1, 0.15) is 38.8 Å². The number of fused-ring (bicyclic) bond motifs is 1. The van der Waals surface area contributed by atoms with E-state index in [9.17, 15) is 9.59 Å². The topological polar surface area (TPSA) is 49.4 Å². The Hall–Kier alpha value is -3.40. The average Bonchev–Trinajstić information content (AvgIpc) is 3.12. The molecule has 4 rings (SSSR count). The predicted octanol–water partition coefficient (Wildman–Crippen LogP) is 4.70. The van der Waals surface area contributed by atoms with Gasteiger partial charge in [0, 0.05) is 35.6 Å². The number of amides is 1. The van der Waals surface area contributed by atoms with Crippen LogP contribution in [-0.2, 0) is 13.0 Å². The highest BCUT2D eigenvalue weighted by atomic mass is 16.1. The number of Topliss-reactive ketones (excluding diaryl/α,β-unsaturated/α-hetero) is 1. The van der Waals surface area contributed by atoms with Gasteiger partial charge in [0.15, 0.2) is 5.78 Å². The zero-order valence-electron chi connectivity index (χ0n) is 15.8. The van der Waals surface area contributed by atoms with E-state index in [0.717, 1.165) is 25.2 Å². The van der Waals surface area contributed by atoms with Gasteiger partial charge in [0.05, 0.1) is 0 Å². The molecule has 0 atom stereocenters. The van der Waals surface area contributed by atoms with Gasteiger partial charge in [-0.15, -0.1) is 0 Å². The monoisotopic (exact) mass is 370 g/mol. The molecule has 1 aliphatic heterocycles. The maximum Gasteiger partial charge on any atom is 0.255 e. The van der Waals surface area contributed by atoms with Crippen LogP contribution in [0.5, 0.6) is 0 Å². The van der Waals surface area contributed by atoms with Gasteiger partial charge in [-0.05, 0) is 54.8 Å². The molecular weight excluding hydrogens is 348 g/mol. The number of carbonyl (C=O) groups excluding carboxylic acids is 2. The molecule has 4 heteroatoms. The molecule has 0 radical (unpaired) electrons. The number of para-hydroxylation sites is 1. The number of hydrogen-bond acceptors (Lipinski definition) is 3. The van der Waals surface area contributed by atoms with Gasteiger partial charge in [0.1, 0.15) is 0 Å². The normalized spacial score (nSPS) is 12.5. The van der Waals surface area contributed by atoms with Gasteiger partial charge in [-0.25, -0.2) is 0 Å². The van der Waals surface area contributed by atoms with E-state index in [2.05, 4.69) is 46.6 Å². The van der Waals surface area contributed by atoms with Crippen molar-refractivity contribution in [3.8, 4) is 0 Å². The van der Waals surface area contributed by atoms with Crippen molar-refractivity contribution in [3.05, 3.63) is 95.1 Å². The number of ketones is 1. The van der Waals surface area contributed by atoms with Crippen LogP contribution in [0.4, 0.5) is 11.4 Å². The van der Waals surface area contributed by atoms with Crippen molar-refractivity contribution in [1.29, 1.82) is 0 Å². The van der Waals surface area contributed by atoms with Crippen LogP contribution in [0.3, 0.4) is 0 Å². The van der Waals surface area contributed by atoms with E-state index in [1.807, 2.05) is 12.1 Å². The molecule has 1 amide bonds. The van der Waals surface area contributed by atoms with E-state index >= 15 is 0 Å². The lowest BCUT2D eigenvalue weighted by Gasteiger charge is -2.19. The number of rotatable bonds is 5. The van der Waals surface area contributed by atoms with Gasteiger partial charge in [-0.3, -0.25) is 9.59 Å². The largest absolute Gasteiger partial charge is 0.367 e. The SMILES string of the molecule is CC(=O)c1ccc(C(=O)Nc2ccc(CN3CCc4ccccc43)cc2)cc1. The summed E-state index contributed by atoms with van der Waals surface area (Å²) in [6.45, 7) is 3.41. The van der Waals surface area contributed by atoms with Crippen LogP contribution >= 0.6 is 0 Å². The molecule has 0 saturated heterocycles. The minimum Gasteiger partial charge on any atom is -0.367 e. The van der Waals surface area contributed by atoms with Gasteiger partial charge in [0.25, 0.3) is 5.91 Å². The first-order valence-electron chi connectivity index (χ1n) is 9.44. The van der Waals surface area contributed by atoms with Gasteiger partial charge in [-0.2, -0.15) is 0 Å². The van der Waals surface area contributed by atoms with E-state index in [-0.39, 0.29) is 11.7 Å². The second-order valence-electron chi connectivity index (χ2n) is 7.08. The second-order valence-corrected chi connectivity index (χ2v) is 7.08. The standard InChI is InChI=1S/C24H22N2O2/c1-17(27)19-8-10-21(11-9-19)24(28)25-22-12-6-18(7-13-22)16-26-15-14-20-4-2-3-5-23(20)26/h2-13H,14-16H2,1H3,(H,25,28). The molecule has 0 spiro atoms. The van der Waals surface area contributed by atoms with Crippen molar-refractivity contribution in [1.82, 2.24) is 0 Å². The number of anilines is 2.